The molecule has 2 aliphatic heterocycles. The Morgan fingerprint density at radius 1 is 1.13 bits per heavy atom. The monoisotopic (exact) mass is 212 g/mol. The van der Waals surface area contributed by atoms with Crippen LogP contribution in [0.15, 0.2) is 0 Å². The first-order valence-electron chi connectivity index (χ1n) is 6.29. The van der Waals surface area contributed by atoms with E-state index < -0.39 is 0 Å². The van der Waals surface area contributed by atoms with Crippen LogP contribution in [0.4, 0.5) is 0 Å². The molecule has 0 aromatic carbocycles. The zero-order valence-corrected chi connectivity index (χ0v) is 10.0. The molecule has 0 aromatic heterocycles. The molecule has 2 atom stereocenters. The van der Waals surface area contributed by atoms with Crippen LogP contribution in [0.2, 0.25) is 0 Å². The van der Waals surface area contributed by atoms with E-state index in [0.29, 0.717) is 6.04 Å². The number of nitrogens with one attached hydrogen (secondary N) is 1. The summed E-state index contributed by atoms with van der Waals surface area (Å²) in [6.07, 6.45) is 4.99. The lowest BCUT2D eigenvalue weighted by molar-refractivity contribution is 0.0685. The van der Waals surface area contributed by atoms with E-state index in [-0.39, 0.29) is 0 Å². The molecule has 2 unspecified atom stereocenters. The lowest BCUT2D eigenvalue weighted by Gasteiger charge is -2.38. The van der Waals surface area contributed by atoms with Crippen LogP contribution in [0.5, 0.6) is 0 Å². The van der Waals surface area contributed by atoms with Crippen LogP contribution in [0.1, 0.15) is 32.6 Å². The molecular formula is C12H24N2O. The standard InChI is InChI=1S/C12H24N2O/c1-10-9-12(3-6-14(10)2)13-11-4-7-15-8-5-11/h10-13H,3-9H2,1-2H3. The van der Waals surface area contributed by atoms with Gasteiger partial charge in [-0.3, -0.25) is 0 Å². The van der Waals surface area contributed by atoms with E-state index in [4.69, 9.17) is 4.74 Å². The fourth-order valence-corrected chi connectivity index (χ4v) is 2.64. The van der Waals surface area contributed by atoms with Gasteiger partial charge in [0.25, 0.3) is 0 Å². The predicted octanol–water partition coefficient (Wildman–Crippen LogP) is 1.24. The molecule has 0 aliphatic carbocycles. The molecular weight excluding hydrogens is 188 g/mol. The van der Waals surface area contributed by atoms with E-state index in [1.165, 1.54) is 32.2 Å². The van der Waals surface area contributed by atoms with Gasteiger partial charge < -0.3 is 15.0 Å². The second-order valence-corrected chi connectivity index (χ2v) is 5.10. The van der Waals surface area contributed by atoms with Crippen LogP contribution in [-0.4, -0.2) is 49.8 Å². The molecule has 3 heteroatoms. The number of rotatable bonds is 2. The first-order chi connectivity index (χ1) is 7.25. The Bertz CT molecular complexity index is 192. The average Bonchev–Trinajstić information content (AvgIpc) is 2.25. The van der Waals surface area contributed by atoms with Gasteiger partial charge in [0.05, 0.1) is 0 Å². The van der Waals surface area contributed by atoms with E-state index in [2.05, 4.69) is 24.2 Å². The zero-order chi connectivity index (χ0) is 10.7. The van der Waals surface area contributed by atoms with Gasteiger partial charge in [0, 0.05) is 31.3 Å². The van der Waals surface area contributed by atoms with Crippen LogP contribution in [0.3, 0.4) is 0 Å². The number of ether oxygens (including phenoxy) is 1. The van der Waals surface area contributed by atoms with E-state index >= 15 is 0 Å². The van der Waals surface area contributed by atoms with E-state index in [9.17, 15) is 0 Å². The largest absolute Gasteiger partial charge is 0.381 e. The highest BCUT2D eigenvalue weighted by Gasteiger charge is 2.25. The molecule has 2 rings (SSSR count). The van der Waals surface area contributed by atoms with Gasteiger partial charge in [0.1, 0.15) is 0 Å². The van der Waals surface area contributed by atoms with Gasteiger partial charge in [-0.2, -0.15) is 0 Å². The summed E-state index contributed by atoms with van der Waals surface area (Å²) >= 11 is 0. The summed E-state index contributed by atoms with van der Waals surface area (Å²) in [5, 5.41) is 3.80. The Morgan fingerprint density at radius 2 is 1.87 bits per heavy atom. The van der Waals surface area contributed by atoms with Crippen molar-refractivity contribution in [3.8, 4) is 0 Å². The Labute approximate surface area is 93.2 Å². The molecule has 0 radical (unpaired) electrons. The highest BCUT2D eigenvalue weighted by atomic mass is 16.5. The number of hydrogen-bond acceptors (Lipinski definition) is 3. The highest BCUT2D eigenvalue weighted by molar-refractivity contribution is 4.84. The van der Waals surface area contributed by atoms with Gasteiger partial charge in [-0.25, -0.2) is 0 Å². The average molecular weight is 212 g/mol. The van der Waals surface area contributed by atoms with Crippen molar-refractivity contribution < 1.29 is 4.74 Å². The Hall–Kier alpha value is -0.120. The predicted molar refractivity (Wildman–Crippen MR) is 62.1 cm³/mol. The molecule has 0 spiro atoms. The van der Waals surface area contributed by atoms with Crippen LogP contribution < -0.4 is 5.32 Å². The van der Waals surface area contributed by atoms with Gasteiger partial charge in [-0.05, 0) is 46.2 Å². The van der Waals surface area contributed by atoms with Crippen molar-refractivity contribution in [2.45, 2.75) is 50.7 Å². The third kappa shape index (κ3) is 3.16. The van der Waals surface area contributed by atoms with Crippen LogP contribution >= 0.6 is 0 Å². The van der Waals surface area contributed by atoms with Crippen molar-refractivity contribution in [3.05, 3.63) is 0 Å². The second-order valence-electron chi connectivity index (χ2n) is 5.10. The molecule has 0 saturated carbocycles. The van der Waals surface area contributed by atoms with Crippen molar-refractivity contribution in [2.24, 2.45) is 0 Å². The van der Waals surface area contributed by atoms with Crippen LogP contribution in [-0.2, 0) is 4.74 Å². The second kappa shape index (κ2) is 5.28. The van der Waals surface area contributed by atoms with E-state index in [0.717, 1.165) is 25.3 Å². The quantitative estimate of drug-likeness (QED) is 0.745. The van der Waals surface area contributed by atoms with Crippen molar-refractivity contribution in [2.75, 3.05) is 26.8 Å². The molecule has 0 aromatic rings. The number of nitrogens with zero attached hydrogens (tertiary/aromatic N) is 1. The molecule has 2 heterocycles. The topological polar surface area (TPSA) is 24.5 Å². The zero-order valence-electron chi connectivity index (χ0n) is 10.0. The smallest absolute Gasteiger partial charge is 0.0480 e. The lowest BCUT2D eigenvalue weighted by atomic mass is 9.97. The summed E-state index contributed by atoms with van der Waals surface area (Å²) < 4.78 is 5.38. The number of piperidine rings is 1. The summed E-state index contributed by atoms with van der Waals surface area (Å²) in [5.41, 5.74) is 0. The Kier molecular flexibility index (Phi) is 4.00. The fraction of sp³-hybridized carbons (Fsp3) is 1.00. The molecule has 2 fully saturated rings. The van der Waals surface area contributed by atoms with E-state index in [1.807, 2.05) is 0 Å². The van der Waals surface area contributed by atoms with E-state index in [1.54, 1.807) is 0 Å². The number of likely N-dealkylation sites (tertiary alicyclic amines) is 1. The third-order valence-corrected chi connectivity index (χ3v) is 3.90. The maximum absolute atomic E-state index is 5.38. The first-order valence-corrected chi connectivity index (χ1v) is 6.29. The van der Waals surface area contributed by atoms with Gasteiger partial charge in [0.2, 0.25) is 0 Å². The van der Waals surface area contributed by atoms with Crippen molar-refractivity contribution in [3.63, 3.8) is 0 Å². The molecule has 0 amide bonds. The maximum Gasteiger partial charge on any atom is 0.0480 e. The SMILES string of the molecule is CC1CC(NC2CCOCC2)CCN1C. The molecule has 15 heavy (non-hydrogen) atoms. The third-order valence-electron chi connectivity index (χ3n) is 3.90. The van der Waals surface area contributed by atoms with Crippen LogP contribution in [0.25, 0.3) is 0 Å². The minimum Gasteiger partial charge on any atom is -0.381 e. The normalized spacial score (nSPS) is 35.6. The van der Waals surface area contributed by atoms with Gasteiger partial charge in [-0.15, -0.1) is 0 Å². The molecule has 0 bridgehead atoms. The Morgan fingerprint density at radius 3 is 2.53 bits per heavy atom. The number of hydrogen-bond donors (Lipinski definition) is 1. The first kappa shape index (κ1) is 11.4. The van der Waals surface area contributed by atoms with Crippen molar-refractivity contribution >= 4 is 0 Å². The summed E-state index contributed by atoms with van der Waals surface area (Å²) in [7, 11) is 2.23. The molecule has 88 valence electrons. The fourth-order valence-electron chi connectivity index (χ4n) is 2.64. The molecule has 2 saturated heterocycles. The highest BCUT2D eigenvalue weighted by Crippen LogP contribution is 2.17. The summed E-state index contributed by atoms with van der Waals surface area (Å²) in [4.78, 5) is 2.46. The van der Waals surface area contributed by atoms with Gasteiger partial charge in [0.15, 0.2) is 0 Å². The molecule has 1 N–H and O–H groups in total. The Balaban J connectivity index is 1.74. The van der Waals surface area contributed by atoms with Crippen molar-refractivity contribution in [1.29, 1.82) is 0 Å². The molecule has 3 nitrogen and oxygen atoms in total. The van der Waals surface area contributed by atoms with Gasteiger partial charge in [-0.1, -0.05) is 0 Å². The van der Waals surface area contributed by atoms with Crippen molar-refractivity contribution in [1.82, 2.24) is 10.2 Å². The summed E-state index contributed by atoms with van der Waals surface area (Å²) in [5.74, 6) is 0. The lowest BCUT2D eigenvalue weighted by Crippen LogP contribution is -2.49. The summed E-state index contributed by atoms with van der Waals surface area (Å²) in [6.45, 7) is 5.46. The van der Waals surface area contributed by atoms with Crippen LogP contribution in [0, 0.1) is 0 Å². The summed E-state index contributed by atoms with van der Waals surface area (Å²) in [6, 6.07) is 2.18. The minimum absolute atomic E-state index is 0.708. The minimum atomic E-state index is 0.708. The maximum atomic E-state index is 5.38. The van der Waals surface area contributed by atoms with Gasteiger partial charge >= 0.3 is 0 Å². The molecule has 2 aliphatic rings.